The number of alkyl carbamates (subject to hydrolysis) is 1. The molecule has 3 aromatic rings. The average Bonchev–Trinajstić information content (AvgIpc) is 1.55. The summed E-state index contributed by atoms with van der Waals surface area (Å²) in [6.45, 7) is 10.9. The molecule has 5 unspecified atom stereocenters. The molecule has 1 heterocycles. The lowest BCUT2D eigenvalue weighted by molar-refractivity contribution is -0.197. The molecule has 510 valence electrons. The molecule has 27 heteroatoms. The Balaban J connectivity index is 0.927. The molecule has 10 atom stereocenters. The van der Waals surface area contributed by atoms with Gasteiger partial charge in [0.25, 0.3) is 11.8 Å². The van der Waals surface area contributed by atoms with E-state index in [-0.39, 0.29) is 89.9 Å². The Hall–Kier alpha value is -9.07. The van der Waals surface area contributed by atoms with Gasteiger partial charge in [0.2, 0.25) is 29.5 Å². The fraction of sp³-hybridized carbons (Fsp3) is 0.522. The number of hydroxylamine groups is 2. The summed E-state index contributed by atoms with van der Waals surface area (Å²) in [5.41, 5.74) is 8.95. The van der Waals surface area contributed by atoms with E-state index in [4.69, 9.17) is 36.4 Å². The first-order valence-electron chi connectivity index (χ1n) is 31.8. The summed E-state index contributed by atoms with van der Waals surface area (Å²) in [5.74, 6) is -5.46. The fourth-order valence-corrected chi connectivity index (χ4v) is 11.8. The number of aliphatic carboxylic acids is 1. The Labute approximate surface area is 551 Å². The smallest absolute Gasteiger partial charge is 0.407 e. The van der Waals surface area contributed by atoms with E-state index >= 15 is 0 Å². The van der Waals surface area contributed by atoms with Crippen LogP contribution < -0.4 is 47.7 Å². The molecule has 6 rings (SSSR count). The number of hydrogen-bond acceptors (Lipinski definition) is 16. The van der Waals surface area contributed by atoms with Crippen molar-refractivity contribution in [1.29, 1.82) is 0 Å². The highest BCUT2D eigenvalue weighted by molar-refractivity contribution is 6.32. The van der Waals surface area contributed by atoms with Crippen molar-refractivity contribution < 1.29 is 81.7 Å². The predicted molar refractivity (Wildman–Crippen MR) is 343 cm³/mol. The first-order chi connectivity index (χ1) is 44.7. The first-order valence-corrected chi connectivity index (χ1v) is 32.2. The molecule has 3 aromatic carbocycles. The number of carboxylic acid groups (broad SMARTS) is 1. The van der Waals surface area contributed by atoms with E-state index < -0.39 is 107 Å². The number of ether oxygens (including phenoxy) is 3. The lowest BCUT2D eigenvalue weighted by Gasteiger charge is -2.41. The SMILES string of the molecule is COc1ccc(C[C@@H](NC(=O)/C=C/CC[C@H](C)C2C(c3ccc(CNC(=O)OCc4ccc(NC(=O)[C@H](CCCNC(N)=O)NC(=O)C(NC(=O)CCCC(=O)ON5C(=O)CCC5=O)C(C)C)cc4)cc3)C3C[C@H]32)C(=O)NCC(C)C(=O)O[C@@H](CC(C)C)C(=O)O)cc1Cl. The number of imide groups is 1. The van der Waals surface area contributed by atoms with Gasteiger partial charge in [0.05, 0.1) is 18.1 Å². The number of nitrogens with zero attached hydrogens (tertiary/aromatic N) is 1. The van der Waals surface area contributed by atoms with E-state index in [2.05, 4.69) is 56.3 Å². The molecule has 26 nitrogen and oxygen atoms in total. The number of amides is 10. The topological polar surface area (TPSA) is 375 Å². The van der Waals surface area contributed by atoms with Crippen molar-refractivity contribution >= 4 is 88.7 Å². The van der Waals surface area contributed by atoms with Crippen LogP contribution in [0.1, 0.15) is 140 Å². The highest BCUT2D eigenvalue weighted by Crippen LogP contribution is 2.70. The molecular formula is C67H88ClN9O17. The molecule has 2 aliphatic carbocycles. The van der Waals surface area contributed by atoms with Crippen molar-refractivity contribution in [2.75, 3.05) is 25.5 Å². The van der Waals surface area contributed by atoms with Crippen LogP contribution in [0.25, 0.3) is 0 Å². The maximum absolute atomic E-state index is 13.7. The number of nitrogens with two attached hydrogens (primary N) is 1. The van der Waals surface area contributed by atoms with Crippen LogP contribution in [0.15, 0.2) is 78.9 Å². The van der Waals surface area contributed by atoms with Gasteiger partial charge in [0.15, 0.2) is 6.10 Å². The second-order valence-corrected chi connectivity index (χ2v) is 25.3. The molecular weight excluding hydrogens is 1240 g/mol. The number of urea groups is 1. The van der Waals surface area contributed by atoms with Gasteiger partial charge in [0, 0.05) is 57.4 Å². The number of carboxylic acids is 1. The second-order valence-electron chi connectivity index (χ2n) is 24.9. The van der Waals surface area contributed by atoms with E-state index in [1.807, 2.05) is 26.0 Å². The molecule has 3 aliphatic rings. The molecule has 0 radical (unpaired) electrons. The Morgan fingerprint density at radius 3 is 2.07 bits per heavy atom. The summed E-state index contributed by atoms with van der Waals surface area (Å²) in [6, 6.07) is 15.7. The van der Waals surface area contributed by atoms with Crippen LogP contribution in [0, 0.1) is 41.4 Å². The minimum Gasteiger partial charge on any atom is -0.495 e. The van der Waals surface area contributed by atoms with Crippen molar-refractivity contribution in [3.8, 4) is 5.75 Å². The second kappa shape index (κ2) is 35.8. The van der Waals surface area contributed by atoms with Crippen LogP contribution in [-0.2, 0) is 81.8 Å². The predicted octanol–water partition coefficient (Wildman–Crippen LogP) is 6.41. The first kappa shape index (κ1) is 74.0. The Bertz CT molecular complexity index is 3220. The normalized spacial score (nSPS) is 18.2. The number of nitrogens with one attached hydrogen (secondary N) is 7. The van der Waals surface area contributed by atoms with Crippen LogP contribution in [0.4, 0.5) is 15.3 Å². The molecule has 10 amide bonds. The summed E-state index contributed by atoms with van der Waals surface area (Å²) in [7, 11) is 1.48. The quantitative estimate of drug-likeness (QED) is 0.0130. The minimum atomic E-state index is -1.32. The molecule has 0 bridgehead atoms. The van der Waals surface area contributed by atoms with Crippen LogP contribution in [0.3, 0.4) is 0 Å². The number of primary amides is 1. The van der Waals surface area contributed by atoms with Gasteiger partial charge in [0.1, 0.15) is 30.5 Å². The van der Waals surface area contributed by atoms with Gasteiger partial charge in [-0.3, -0.25) is 38.4 Å². The number of halogens is 1. The van der Waals surface area contributed by atoms with Gasteiger partial charge < -0.3 is 67.1 Å². The van der Waals surface area contributed by atoms with Crippen LogP contribution in [0.2, 0.25) is 5.02 Å². The van der Waals surface area contributed by atoms with E-state index in [0.29, 0.717) is 68.7 Å². The summed E-state index contributed by atoms with van der Waals surface area (Å²) in [6.07, 6.45) is 3.82. The van der Waals surface area contributed by atoms with Crippen molar-refractivity contribution in [1.82, 2.24) is 37.0 Å². The molecule has 1 aliphatic heterocycles. The third kappa shape index (κ3) is 22.9. The Morgan fingerprint density at radius 2 is 1.44 bits per heavy atom. The zero-order valence-electron chi connectivity index (χ0n) is 54.1. The van der Waals surface area contributed by atoms with E-state index in [1.54, 1.807) is 62.4 Å². The number of benzene rings is 3. The number of methoxy groups -OCH3 is 1. The van der Waals surface area contributed by atoms with Crippen molar-refractivity contribution in [2.24, 2.45) is 47.2 Å². The van der Waals surface area contributed by atoms with E-state index in [0.717, 1.165) is 18.4 Å². The van der Waals surface area contributed by atoms with E-state index in [1.165, 1.54) is 25.7 Å². The van der Waals surface area contributed by atoms with Crippen molar-refractivity contribution in [3.63, 3.8) is 0 Å². The highest BCUT2D eigenvalue weighted by Gasteiger charge is 2.62. The number of hydrogen-bond donors (Lipinski definition) is 9. The minimum absolute atomic E-state index is 0.00265. The standard InChI is InChI=1S/C67H88ClN9O17/c1-37(2)30-52(64(86)87)93-65(88)40(6)34-71-61(83)50(32-43-21-26-51(91-7)48(68)31-43)74-53(78)14-9-8-12-39(5)58-46-33-47(46)59(58)44-22-17-41(18-23-44)35-72-67(90)92-36-42-19-24-45(25-20-42)73-62(84)49(13-11-29-70-66(69)89)75-63(85)60(38(3)4)76-54(79)15-10-16-57(82)94-77-55(80)27-28-56(77)81/h9,14,17-26,31,37-40,46-47,49-50,52,58-60H,8,10-13,15-16,27-30,32-36H2,1-7H3,(H,71,83)(H,72,90)(H,73,84)(H,74,78)(H,75,85)(H,76,79)(H,86,87)(H3,69,70,89)/b14-9+/t39-,40?,46+,47?,49-,50+,52-,58?,59?,60?/m0/s1. The van der Waals surface area contributed by atoms with E-state index in [9.17, 15) is 62.6 Å². The Morgan fingerprint density at radius 1 is 0.755 bits per heavy atom. The number of esters is 1. The van der Waals surface area contributed by atoms with Gasteiger partial charge in [-0.25, -0.2) is 19.2 Å². The van der Waals surface area contributed by atoms with Crippen molar-refractivity contribution in [2.45, 2.75) is 162 Å². The van der Waals surface area contributed by atoms with Crippen molar-refractivity contribution in [3.05, 3.63) is 106 Å². The number of fused-ring (bicyclic) bond motifs is 1. The zero-order valence-corrected chi connectivity index (χ0v) is 54.9. The fourth-order valence-electron chi connectivity index (χ4n) is 11.5. The number of anilines is 1. The molecule has 2 saturated carbocycles. The molecule has 94 heavy (non-hydrogen) atoms. The average molecular weight is 1330 g/mol. The largest absolute Gasteiger partial charge is 0.495 e. The number of carbonyl (C=O) groups is 12. The maximum atomic E-state index is 13.7. The van der Waals surface area contributed by atoms with Crippen LogP contribution in [0.5, 0.6) is 5.75 Å². The van der Waals surface area contributed by atoms with Crippen LogP contribution >= 0.6 is 11.6 Å². The molecule has 0 aromatic heterocycles. The van der Waals surface area contributed by atoms with Gasteiger partial charge >= 0.3 is 30.0 Å². The summed E-state index contributed by atoms with van der Waals surface area (Å²) in [5, 5.41) is 29.1. The highest BCUT2D eigenvalue weighted by atomic mass is 35.5. The molecule has 0 spiro atoms. The molecule has 3 fully saturated rings. The lowest BCUT2D eigenvalue weighted by atomic mass is 9.64. The summed E-state index contributed by atoms with van der Waals surface area (Å²) in [4.78, 5) is 156. The monoisotopic (exact) mass is 1330 g/mol. The van der Waals surface area contributed by atoms with Gasteiger partial charge in [-0.05, 0) is 139 Å². The van der Waals surface area contributed by atoms with Gasteiger partial charge in [-0.1, -0.05) is 102 Å². The molecule has 1 saturated heterocycles. The molecule has 10 N–H and O–H groups in total. The van der Waals surface area contributed by atoms with Crippen LogP contribution in [-0.4, -0.2) is 126 Å². The number of carbonyl (C=O) groups excluding carboxylic acids is 11. The number of allylic oxidation sites excluding steroid dienone is 1. The summed E-state index contributed by atoms with van der Waals surface area (Å²) >= 11 is 6.38. The summed E-state index contributed by atoms with van der Waals surface area (Å²) < 4.78 is 16.0. The lowest BCUT2D eigenvalue weighted by Crippen LogP contribution is -2.54. The maximum Gasteiger partial charge on any atom is 0.407 e. The zero-order chi connectivity index (χ0) is 68.8. The third-order valence-corrected chi connectivity index (χ3v) is 17.0. The van der Waals surface area contributed by atoms with Gasteiger partial charge in [-0.15, -0.1) is 5.06 Å². The van der Waals surface area contributed by atoms with Gasteiger partial charge in [-0.2, -0.15) is 0 Å². The number of rotatable bonds is 37. The third-order valence-electron chi connectivity index (χ3n) is 16.7. The Kier molecular flexibility index (Phi) is 28.2.